The van der Waals surface area contributed by atoms with Gasteiger partial charge < -0.3 is 0 Å². The summed E-state index contributed by atoms with van der Waals surface area (Å²) in [6.45, 7) is 9.68. The molecule has 256 valence electrons. The van der Waals surface area contributed by atoms with Crippen LogP contribution in [0.3, 0.4) is 0 Å². The molecule has 54 heavy (non-hydrogen) atoms. The molecule has 9 aromatic rings. The molecular weight excluding hydrogens is 649 g/mol. The van der Waals surface area contributed by atoms with E-state index in [0.29, 0.717) is 0 Å². The molecule has 0 N–H and O–H groups in total. The predicted molar refractivity (Wildman–Crippen MR) is 230 cm³/mol. The molecular formula is C54H40. The average molecular weight is 689 g/mol. The molecule has 0 heteroatoms. The molecule has 0 aliphatic heterocycles. The first kappa shape index (κ1) is 31.3. The number of benzene rings is 9. The van der Waals surface area contributed by atoms with Crippen LogP contribution in [0.1, 0.15) is 49.9 Å². The molecule has 9 aromatic carbocycles. The number of hydrogen-bond acceptors (Lipinski definition) is 0. The molecule has 0 amide bonds. The van der Waals surface area contributed by atoms with Gasteiger partial charge in [-0.2, -0.15) is 0 Å². The molecule has 0 bridgehead atoms. The van der Waals surface area contributed by atoms with E-state index in [9.17, 15) is 0 Å². The van der Waals surface area contributed by atoms with Crippen LogP contribution < -0.4 is 0 Å². The van der Waals surface area contributed by atoms with Gasteiger partial charge in [0.15, 0.2) is 0 Å². The van der Waals surface area contributed by atoms with Crippen LogP contribution >= 0.6 is 0 Å². The quantitative estimate of drug-likeness (QED) is 0.162. The molecule has 0 heterocycles. The lowest BCUT2D eigenvalue weighted by Gasteiger charge is -2.29. The Bertz CT molecular complexity index is 2970. The van der Waals surface area contributed by atoms with Gasteiger partial charge in [-0.1, -0.05) is 179 Å². The first-order valence-electron chi connectivity index (χ1n) is 19.3. The summed E-state index contributed by atoms with van der Waals surface area (Å²) in [5, 5.41) is 7.64. The molecule has 0 saturated carbocycles. The molecule has 0 nitrogen and oxygen atoms in total. The normalized spacial score (nSPS) is 14.6. The van der Waals surface area contributed by atoms with Crippen molar-refractivity contribution in [3.05, 3.63) is 192 Å². The second-order valence-corrected chi connectivity index (χ2v) is 16.4. The predicted octanol–water partition coefficient (Wildman–Crippen LogP) is 14.8. The zero-order chi connectivity index (χ0) is 36.3. The lowest BCUT2D eigenvalue weighted by Crippen LogP contribution is -2.19. The number of hydrogen-bond donors (Lipinski definition) is 0. The Labute approximate surface area is 317 Å². The monoisotopic (exact) mass is 688 g/mol. The molecule has 0 unspecified atom stereocenters. The third kappa shape index (κ3) is 4.20. The molecule has 0 spiro atoms. The highest BCUT2D eigenvalue weighted by Gasteiger charge is 2.46. The van der Waals surface area contributed by atoms with E-state index in [-0.39, 0.29) is 10.8 Å². The molecule has 11 rings (SSSR count). The summed E-state index contributed by atoms with van der Waals surface area (Å²) in [5.41, 5.74) is 18.8. The standard InChI is InChI=1S/C54H40/c1-53(2)46-24-14-12-18-38(46)45-32-44(51-50(52(45)53)43-23-13-15-25-47(43)54(51,3)4)36-28-26-35-31-37(29-27-34(35)30-36)49-41-21-10-8-19-39(41)48(33-16-6-5-7-17-33)40-20-9-11-22-42(40)49/h5-32H,1-4H3. The topological polar surface area (TPSA) is 0 Å². The van der Waals surface area contributed by atoms with Crippen LogP contribution in [0.2, 0.25) is 0 Å². The van der Waals surface area contributed by atoms with Crippen molar-refractivity contribution in [1.29, 1.82) is 0 Å². The van der Waals surface area contributed by atoms with Gasteiger partial charge in [-0.3, -0.25) is 0 Å². The number of fused-ring (bicyclic) bond motifs is 10. The van der Waals surface area contributed by atoms with Crippen molar-refractivity contribution in [1.82, 2.24) is 0 Å². The summed E-state index contributed by atoms with van der Waals surface area (Å²) in [5.74, 6) is 0. The molecule has 2 aliphatic rings. The Morgan fingerprint density at radius 3 is 1.35 bits per heavy atom. The van der Waals surface area contributed by atoms with Crippen LogP contribution in [0.5, 0.6) is 0 Å². The zero-order valence-electron chi connectivity index (χ0n) is 31.2. The molecule has 2 aliphatic carbocycles. The van der Waals surface area contributed by atoms with E-state index in [4.69, 9.17) is 0 Å². The van der Waals surface area contributed by atoms with Gasteiger partial charge in [0.05, 0.1) is 0 Å². The van der Waals surface area contributed by atoms with Gasteiger partial charge in [-0.05, 0) is 128 Å². The van der Waals surface area contributed by atoms with Gasteiger partial charge in [0, 0.05) is 10.8 Å². The van der Waals surface area contributed by atoms with Crippen LogP contribution in [0.15, 0.2) is 170 Å². The third-order valence-electron chi connectivity index (χ3n) is 12.8. The minimum Gasteiger partial charge on any atom is -0.0622 e. The third-order valence-corrected chi connectivity index (χ3v) is 12.8. The van der Waals surface area contributed by atoms with Gasteiger partial charge >= 0.3 is 0 Å². The highest BCUT2D eigenvalue weighted by Crippen LogP contribution is 2.61. The first-order chi connectivity index (χ1) is 26.3. The van der Waals surface area contributed by atoms with Gasteiger partial charge in [-0.25, -0.2) is 0 Å². The van der Waals surface area contributed by atoms with Crippen LogP contribution in [0.4, 0.5) is 0 Å². The second-order valence-electron chi connectivity index (χ2n) is 16.4. The first-order valence-corrected chi connectivity index (χ1v) is 19.3. The fourth-order valence-electron chi connectivity index (χ4n) is 10.4. The summed E-state index contributed by atoms with van der Waals surface area (Å²) < 4.78 is 0. The Morgan fingerprint density at radius 2 is 0.741 bits per heavy atom. The fraction of sp³-hybridized carbons (Fsp3) is 0.111. The maximum atomic E-state index is 2.53. The SMILES string of the molecule is CC1(C)c2ccccc2-c2c1c(-c1ccc3cc(-c4c5ccccc5c(-c5ccccc5)c5ccccc45)ccc3c1)cc1c2C(C)(C)c2ccccc2-1. The van der Waals surface area contributed by atoms with E-state index >= 15 is 0 Å². The fourth-order valence-corrected chi connectivity index (χ4v) is 10.4. The maximum Gasteiger partial charge on any atom is 0.0165 e. The lowest BCUT2D eigenvalue weighted by molar-refractivity contribution is 0.648. The Morgan fingerprint density at radius 1 is 0.296 bits per heavy atom. The van der Waals surface area contributed by atoms with Crippen molar-refractivity contribution < 1.29 is 0 Å². The van der Waals surface area contributed by atoms with E-state index in [1.54, 1.807) is 0 Å². The molecule has 0 aromatic heterocycles. The lowest BCUT2D eigenvalue weighted by atomic mass is 9.74. The summed E-state index contributed by atoms with van der Waals surface area (Å²) >= 11 is 0. The maximum absolute atomic E-state index is 2.53. The molecule has 0 atom stereocenters. The minimum atomic E-state index is -0.131. The van der Waals surface area contributed by atoms with Crippen LogP contribution in [0, 0.1) is 0 Å². The van der Waals surface area contributed by atoms with Crippen molar-refractivity contribution >= 4 is 32.3 Å². The Kier molecular flexibility index (Phi) is 6.46. The van der Waals surface area contributed by atoms with Crippen molar-refractivity contribution in [2.75, 3.05) is 0 Å². The van der Waals surface area contributed by atoms with Crippen molar-refractivity contribution in [2.24, 2.45) is 0 Å². The van der Waals surface area contributed by atoms with Crippen molar-refractivity contribution in [3.8, 4) is 55.6 Å². The van der Waals surface area contributed by atoms with E-state index in [2.05, 4.69) is 198 Å². The highest BCUT2D eigenvalue weighted by atomic mass is 14.5. The molecule has 0 radical (unpaired) electrons. The van der Waals surface area contributed by atoms with E-state index < -0.39 is 0 Å². The summed E-state index contributed by atoms with van der Waals surface area (Å²) in [7, 11) is 0. The number of rotatable bonds is 3. The highest BCUT2D eigenvalue weighted by molar-refractivity contribution is 6.21. The second kappa shape index (κ2) is 11.1. The van der Waals surface area contributed by atoms with E-state index in [1.165, 1.54) is 110 Å². The minimum absolute atomic E-state index is 0.0878. The van der Waals surface area contributed by atoms with Crippen molar-refractivity contribution in [2.45, 2.75) is 38.5 Å². The van der Waals surface area contributed by atoms with Crippen molar-refractivity contribution in [3.63, 3.8) is 0 Å². The zero-order valence-corrected chi connectivity index (χ0v) is 31.2. The van der Waals surface area contributed by atoms with Gasteiger partial charge in [0.1, 0.15) is 0 Å². The summed E-state index contributed by atoms with van der Waals surface area (Å²) in [6, 6.07) is 63.7. The Balaban J connectivity index is 1.13. The van der Waals surface area contributed by atoms with Gasteiger partial charge in [0.2, 0.25) is 0 Å². The van der Waals surface area contributed by atoms with Crippen LogP contribution in [-0.2, 0) is 10.8 Å². The van der Waals surface area contributed by atoms with Crippen LogP contribution in [0.25, 0.3) is 88.0 Å². The molecule has 0 saturated heterocycles. The van der Waals surface area contributed by atoms with Gasteiger partial charge in [0.25, 0.3) is 0 Å². The van der Waals surface area contributed by atoms with E-state index in [1.807, 2.05) is 0 Å². The molecule has 0 fully saturated rings. The summed E-state index contributed by atoms with van der Waals surface area (Å²) in [4.78, 5) is 0. The van der Waals surface area contributed by atoms with Crippen LogP contribution in [-0.4, -0.2) is 0 Å². The average Bonchev–Trinajstić information content (AvgIpc) is 3.59. The van der Waals surface area contributed by atoms with Gasteiger partial charge in [-0.15, -0.1) is 0 Å². The summed E-state index contributed by atoms with van der Waals surface area (Å²) in [6.07, 6.45) is 0. The van der Waals surface area contributed by atoms with E-state index in [0.717, 1.165) is 0 Å². The Hall–Kier alpha value is -6.24. The smallest absolute Gasteiger partial charge is 0.0165 e. The largest absolute Gasteiger partial charge is 0.0622 e.